The normalized spacial score (nSPS) is 12.5. The van der Waals surface area contributed by atoms with Crippen molar-refractivity contribution in [3.05, 3.63) is 35.9 Å². The summed E-state index contributed by atoms with van der Waals surface area (Å²) in [6.07, 6.45) is 4.33. The van der Waals surface area contributed by atoms with Crippen LogP contribution in [0.5, 0.6) is 0 Å². The van der Waals surface area contributed by atoms with Gasteiger partial charge in [-0.15, -0.1) is 0 Å². The number of rotatable bonds is 13. The summed E-state index contributed by atoms with van der Waals surface area (Å²) in [5, 5.41) is 6.58. The maximum Gasteiger partial charge on any atom is 0.305 e. The lowest BCUT2D eigenvalue weighted by atomic mass is 10.1. The lowest BCUT2D eigenvalue weighted by Gasteiger charge is -2.13. The zero-order valence-electron chi connectivity index (χ0n) is 17.0. The topological polar surface area (TPSA) is 72.0 Å². The number of aliphatic imine (C=N–C) groups is 1. The lowest BCUT2D eigenvalue weighted by Crippen LogP contribution is -2.37. The molecule has 0 aromatic heterocycles. The Morgan fingerprint density at radius 3 is 2.59 bits per heavy atom. The molecule has 0 amide bonds. The predicted octanol–water partition coefficient (Wildman–Crippen LogP) is 3.44. The maximum atomic E-state index is 11.1. The highest BCUT2D eigenvalue weighted by Gasteiger charge is 2.04. The molecule has 27 heavy (non-hydrogen) atoms. The standard InChI is InChI=1S/C21H35N3O3/c1-4-22-21(23-15-10-6-9-14-20(25)26-3)24-16-11-17-27-18(2)19-12-7-5-8-13-19/h5,7-8,12-13,18H,4,6,9-11,14-17H2,1-3H3,(H2,22,23,24). The molecule has 1 rings (SSSR count). The molecule has 0 saturated carbocycles. The van der Waals surface area contributed by atoms with E-state index in [1.54, 1.807) is 0 Å². The van der Waals surface area contributed by atoms with Gasteiger partial charge in [0.1, 0.15) is 0 Å². The molecule has 6 heteroatoms. The molecule has 0 radical (unpaired) electrons. The number of nitrogens with one attached hydrogen (secondary N) is 2. The first kappa shape index (κ1) is 23.0. The molecule has 0 fully saturated rings. The van der Waals surface area contributed by atoms with Gasteiger partial charge in [0.05, 0.1) is 13.2 Å². The van der Waals surface area contributed by atoms with E-state index in [1.165, 1.54) is 12.7 Å². The Hall–Kier alpha value is -2.08. The molecule has 1 aromatic rings. The van der Waals surface area contributed by atoms with Crippen LogP contribution in [-0.2, 0) is 14.3 Å². The second kappa shape index (κ2) is 15.0. The largest absolute Gasteiger partial charge is 0.469 e. The molecule has 152 valence electrons. The summed E-state index contributed by atoms with van der Waals surface area (Å²) in [5.41, 5.74) is 1.20. The van der Waals surface area contributed by atoms with Gasteiger partial charge in [-0.25, -0.2) is 0 Å². The van der Waals surface area contributed by atoms with Gasteiger partial charge in [-0.1, -0.05) is 36.8 Å². The van der Waals surface area contributed by atoms with Crippen molar-refractivity contribution in [1.29, 1.82) is 0 Å². The average molecular weight is 378 g/mol. The first-order valence-corrected chi connectivity index (χ1v) is 9.93. The fraction of sp³-hybridized carbons (Fsp3) is 0.619. The van der Waals surface area contributed by atoms with Gasteiger partial charge in [0, 0.05) is 32.7 Å². The second-order valence-electron chi connectivity index (χ2n) is 6.35. The van der Waals surface area contributed by atoms with Crippen molar-refractivity contribution in [3.63, 3.8) is 0 Å². The number of carbonyl (C=O) groups excluding carboxylic acids is 1. The van der Waals surface area contributed by atoms with E-state index in [2.05, 4.69) is 46.3 Å². The summed E-state index contributed by atoms with van der Waals surface area (Å²) in [6, 6.07) is 10.2. The van der Waals surface area contributed by atoms with Gasteiger partial charge in [-0.05, 0) is 38.7 Å². The van der Waals surface area contributed by atoms with Crippen molar-refractivity contribution in [2.75, 3.05) is 33.4 Å². The van der Waals surface area contributed by atoms with Gasteiger partial charge >= 0.3 is 5.97 Å². The van der Waals surface area contributed by atoms with E-state index >= 15 is 0 Å². The number of guanidine groups is 1. The lowest BCUT2D eigenvalue weighted by molar-refractivity contribution is -0.140. The zero-order chi connectivity index (χ0) is 19.7. The van der Waals surface area contributed by atoms with Crippen LogP contribution in [0.3, 0.4) is 0 Å². The van der Waals surface area contributed by atoms with Crippen molar-refractivity contribution in [2.24, 2.45) is 4.99 Å². The van der Waals surface area contributed by atoms with Crippen molar-refractivity contribution in [1.82, 2.24) is 10.6 Å². The van der Waals surface area contributed by atoms with E-state index in [4.69, 9.17) is 4.74 Å². The van der Waals surface area contributed by atoms with Crippen LogP contribution in [0.4, 0.5) is 0 Å². The fourth-order valence-electron chi connectivity index (χ4n) is 2.56. The highest BCUT2D eigenvalue weighted by Crippen LogP contribution is 2.15. The van der Waals surface area contributed by atoms with E-state index in [9.17, 15) is 4.79 Å². The minimum absolute atomic E-state index is 0.103. The number of ether oxygens (including phenoxy) is 2. The van der Waals surface area contributed by atoms with Gasteiger partial charge in [-0.2, -0.15) is 0 Å². The van der Waals surface area contributed by atoms with Crippen molar-refractivity contribution in [3.8, 4) is 0 Å². The van der Waals surface area contributed by atoms with Crippen LogP contribution >= 0.6 is 0 Å². The molecule has 0 bridgehead atoms. The van der Waals surface area contributed by atoms with Crippen LogP contribution in [0.1, 0.15) is 57.6 Å². The third kappa shape index (κ3) is 11.3. The molecule has 0 saturated heterocycles. The SMILES string of the molecule is CCNC(=NCCCOC(C)c1ccccc1)NCCCCCC(=O)OC. The molecular weight excluding hydrogens is 342 g/mol. The Kier molecular flexibility index (Phi) is 12.8. The number of esters is 1. The Morgan fingerprint density at radius 1 is 1.11 bits per heavy atom. The number of carbonyl (C=O) groups is 1. The predicted molar refractivity (Wildman–Crippen MR) is 110 cm³/mol. The average Bonchev–Trinajstić information content (AvgIpc) is 2.70. The first-order chi connectivity index (χ1) is 13.2. The molecule has 1 aromatic carbocycles. The Labute approximate surface area is 163 Å². The maximum absolute atomic E-state index is 11.1. The van der Waals surface area contributed by atoms with Crippen molar-refractivity contribution >= 4 is 11.9 Å². The quantitative estimate of drug-likeness (QED) is 0.238. The Bertz CT molecular complexity index is 535. The van der Waals surface area contributed by atoms with Gasteiger partial charge in [0.25, 0.3) is 0 Å². The summed E-state index contributed by atoms with van der Waals surface area (Å²) >= 11 is 0. The van der Waals surface area contributed by atoms with Crippen LogP contribution in [0.15, 0.2) is 35.3 Å². The monoisotopic (exact) mass is 377 g/mol. The number of unbranched alkanes of at least 4 members (excludes halogenated alkanes) is 2. The highest BCUT2D eigenvalue weighted by atomic mass is 16.5. The first-order valence-electron chi connectivity index (χ1n) is 9.93. The summed E-state index contributed by atoms with van der Waals surface area (Å²) < 4.78 is 10.5. The van der Waals surface area contributed by atoms with E-state index in [1.807, 2.05) is 18.2 Å². The van der Waals surface area contributed by atoms with E-state index < -0.39 is 0 Å². The summed E-state index contributed by atoms with van der Waals surface area (Å²) in [6.45, 7) is 7.21. The summed E-state index contributed by atoms with van der Waals surface area (Å²) in [5.74, 6) is 0.697. The molecule has 1 unspecified atom stereocenters. The summed E-state index contributed by atoms with van der Waals surface area (Å²) in [4.78, 5) is 15.6. The third-order valence-electron chi connectivity index (χ3n) is 4.13. The van der Waals surface area contributed by atoms with Gasteiger partial charge in [0.15, 0.2) is 5.96 Å². The van der Waals surface area contributed by atoms with Crippen molar-refractivity contribution < 1.29 is 14.3 Å². The highest BCUT2D eigenvalue weighted by molar-refractivity contribution is 5.79. The van der Waals surface area contributed by atoms with Gasteiger partial charge in [0.2, 0.25) is 0 Å². The van der Waals surface area contributed by atoms with Crippen LogP contribution in [0.2, 0.25) is 0 Å². The van der Waals surface area contributed by atoms with Crippen LogP contribution in [0.25, 0.3) is 0 Å². The Balaban J connectivity index is 2.16. The molecule has 0 aliphatic carbocycles. The number of nitrogens with zero attached hydrogens (tertiary/aromatic N) is 1. The van der Waals surface area contributed by atoms with Crippen LogP contribution in [-0.4, -0.2) is 45.3 Å². The Morgan fingerprint density at radius 2 is 1.89 bits per heavy atom. The number of hydrogen-bond acceptors (Lipinski definition) is 4. The molecule has 0 heterocycles. The number of methoxy groups -OCH3 is 1. The van der Waals surface area contributed by atoms with Gasteiger partial charge in [-0.3, -0.25) is 9.79 Å². The minimum Gasteiger partial charge on any atom is -0.469 e. The van der Waals surface area contributed by atoms with Gasteiger partial charge < -0.3 is 20.1 Å². The number of hydrogen-bond donors (Lipinski definition) is 2. The molecule has 0 aliphatic rings. The van der Waals surface area contributed by atoms with Crippen molar-refractivity contribution in [2.45, 2.75) is 52.1 Å². The van der Waals surface area contributed by atoms with E-state index in [0.717, 1.165) is 51.3 Å². The molecule has 0 spiro atoms. The smallest absolute Gasteiger partial charge is 0.305 e. The fourth-order valence-corrected chi connectivity index (χ4v) is 2.56. The van der Waals surface area contributed by atoms with E-state index in [-0.39, 0.29) is 12.1 Å². The molecular formula is C21H35N3O3. The molecule has 2 N–H and O–H groups in total. The number of benzene rings is 1. The summed E-state index contributed by atoms with van der Waals surface area (Å²) in [7, 11) is 1.43. The van der Waals surface area contributed by atoms with Crippen LogP contribution < -0.4 is 10.6 Å². The molecule has 1 atom stereocenters. The second-order valence-corrected chi connectivity index (χ2v) is 6.35. The van der Waals surface area contributed by atoms with Crippen LogP contribution in [0, 0.1) is 0 Å². The van der Waals surface area contributed by atoms with E-state index in [0.29, 0.717) is 13.0 Å². The molecule has 0 aliphatic heterocycles. The third-order valence-corrected chi connectivity index (χ3v) is 4.13. The zero-order valence-corrected chi connectivity index (χ0v) is 17.0. The molecule has 6 nitrogen and oxygen atoms in total. The minimum atomic E-state index is -0.137.